The van der Waals surface area contributed by atoms with Gasteiger partial charge in [0.05, 0.1) is 17.7 Å². The Morgan fingerprint density at radius 1 is 1.48 bits per heavy atom. The highest BCUT2D eigenvalue weighted by Crippen LogP contribution is 2.35. The number of hydrogen-bond acceptors (Lipinski definition) is 6. The first-order valence-corrected chi connectivity index (χ1v) is 8.32. The van der Waals surface area contributed by atoms with Crippen LogP contribution < -0.4 is 5.32 Å². The van der Waals surface area contributed by atoms with E-state index in [1.807, 2.05) is 28.7 Å². The zero-order valence-corrected chi connectivity index (χ0v) is 15.1. The molecule has 0 amide bonds. The van der Waals surface area contributed by atoms with Gasteiger partial charge in [0.25, 0.3) is 0 Å². The molecule has 8 heteroatoms. The third kappa shape index (κ3) is 3.28. The molecule has 0 radical (unpaired) electrons. The fourth-order valence-electron chi connectivity index (χ4n) is 2.28. The molecule has 0 spiro atoms. The number of anilines is 2. The van der Waals surface area contributed by atoms with Crippen LogP contribution in [-0.2, 0) is 4.74 Å². The van der Waals surface area contributed by atoms with Gasteiger partial charge in [-0.25, -0.2) is 9.18 Å². The molecule has 0 saturated heterocycles. The number of ether oxygens (including phenoxy) is 1. The van der Waals surface area contributed by atoms with Crippen LogP contribution in [0.25, 0.3) is 11.0 Å². The second-order valence-corrected chi connectivity index (χ2v) is 6.20. The maximum absolute atomic E-state index is 14.2. The zero-order valence-electron chi connectivity index (χ0n) is 13.0. The predicted molar refractivity (Wildman–Crippen MR) is 97.1 cm³/mol. The summed E-state index contributed by atoms with van der Waals surface area (Å²) in [4.78, 5) is 16.2. The number of esters is 1. The maximum Gasteiger partial charge on any atom is 0.376 e. The number of carbonyl (C=O) groups is 1. The molecule has 0 saturated carbocycles. The number of nitrogens with zero attached hydrogens (tertiary/aromatic N) is 2. The normalized spacial score (nSPS) is 10.5. The standard InChI is InChI=1S/C17H11FIN3O3/c1-2-24-17(23)16-14(22-13-4-3-10(19)5-12(13)18)11-8-21-7-9(6-20)15(11)25-16/h3-5,7-8,22H,2H2,1H3. The molecule has 1 aromatic carbocycles. The minimum absolute atomic E-state index is 0.140. The third-order valence-electron chi connectivity index (χ3n) is 3.37. The molecule has 3 aromatic rings. The first kappa shape index (κ1) is 17.2. The monoisotopic (exact) mass is 451 g/mol. The van der Waals surface area contributed by atoms with Gasteiger partial charge < -0.3 is 14.5 Å². The second-order valence-electron chi connectivity index (χ2n) is 4.95. The van der Waals surface area contributed by atoms with E-state index in [1.165, 1.54) is 18.5 Å². The Morgan fingerprint density at radius 3 is 2.96 bits per heavy atom. The first-order chi connectivity index (χ1) is 12.0. The van der Waals surface area contributed by atoms with E-state index in [0.717, 1.165) is 3.57 Å². The number of carbonyl (C=O) groups excluding carboxylic acids is 1. The van der Waals surface area contributed by atoms with Crippen molar-refractivity contribution in [1.82, 2.24) is 4.98 Å². The van der Waals surface area contributed by atoms with Crippen molar-refractivity contribution in [3.63, 3.8) is 0 Å². The Kier molecular flexibility index (Phi) is 4.85. The van der Waals surface area contributed by atoms with Crippen LogP contribution in [0.5, 0.6) is 0 Å². The van der Waals surface area contributed by atoms with Crippen LogP contribution in [-0.4, -0.2) is 17.6 Å². The molecule has 126 valence electrons. The molecule has 6 nitrogen and oxygen atoms in total. The summed E-state index contributed by atoms with van der Waals surface area (Å²) in [5.74, 6) is -1.34. The van der Waals surface area contributed by atoms with Gasteiger partial charge in [0, 0.05) is 16.0 Å². The van der Waals surface area contributed by atoms with Gasteiger partial charge in [-0.15, -0.1) is 0 Å². The number of nitriles is 1. The van der Waals surface area contributed by atoms with Gasteiger partial charge in [-0.3, -0.25) is 4.98 Å². The summed E-state index contributed by atoms with van der Waals surface area (Å²) in [5.41, 5.74) is 0.724. The third-order valence-corrected chi connectivity index (χ3v) is 4.04. The van der Waals surface area contributed by atoms with E-state index in [9.17, 15) is 14.4 Å². The topological polar surface area (TPSA) is 88.2 Å². The van der Waals surface area contributed by atoms with Crippen molar-refractivity contribution in [2.24, 2.45) is 0 Å². The van der Waals surface area contributed by atoms with Crippen LogP contribution in [0.2, 0.25) is 0 Å². The summed E-state index contributed by atoms with van der Waals surface area (Å²) in [7, 11) is 0. The first-order valence-electron chi connectivity index (χ1n) is 7.25. The van der Waals surface area contributed by atoms with E-state index in [0.29, 0.717) is 5.39 Å². The number of nitrogens with one attached hydrogen (secondary N) is 1. The molecular formula is C17H11FIN3O3. The molecule has 2 heterocycles. The van der Waals surface area contributed by atoms with Gasteiger partial charge in [0.1, 0.15) is 23.1 Å². The summed E-state index contributed by atoms with van der Waals surface area (Å²) in [6.07, 6.45) is 2.77. The number of furan rings is 1. The van der Waals surface area contributed by atoms with Gasteiger partial charge in [0.15, 0.2) is 5.58 Å². The number of pyridine rings is 1. The highest BCUT2D eigenvalue weighted by Gasteiger charge is 2.24. The quantitative estimate of drug-likeness (QED) is 0.469. The van der Waals surface area contributed by atoms with Crippen molar-refractivity contribution in [2.75, 3.05) is 11.9 Å². The predicted octanol–water partition coefficient (Wildman–Crippen LogP) is 4.36. The lowest BCUT2D eigenvalue weighted by atomic mass is 10.2. The molecule has 0 aliphatic rings. The number of fused-ring (bicyclic) bond motifs is 1. The largest absolute Gasteiger partial charge is 0.460 e. The molecule has 2 aromatic heterocycles. The fourth-order valence-corrected chi connectivity index (χ4v) is 2.73. The SMILES string of the molecule is CCOC(=O)c1oc2c(C#N)cncc2c1Nc1ccc(I)cc1F. The number of halogens is 2. The van der Waals surface area contributed by atoms with Crippen molar-refractivity contribution in [3.05, 3.63) is 51.3 Å². The van der Waals surface area contributed by atoms with Crippen molar-refractivity contribution in [3.8, 4) is 6.07 Å². The summed E-state index contributed by atoms with van der Waals surface area (Å²) in [6.45, 7) is 1.81. The van der Waals surface area contributed by atoms with E-state index >= 15 is 0 Å². The maximum atomic E-state index is 14.2. The number of rotatable bonds is 4. The Balaban J connectivity index is 2.19. The van der Waals surface area contributed by atoms with Gasteiger partial charge in [-0.2, -0.15) is 5.26 Å². The van der Waals surface area contributed by atoms with Crippen molar-refractivity contribution in [1.29, 1.82) is 5.26 Å². The molecule has 0 fully saturated rings. The van der Waals surface area contributed by atoms with E-state index < -0.39 is 11.8 Å². The van der Waals surface area contributed by atoms with Crippen molar-refractivity contribution >= 4 is 50.9 Å². The Bertz CT molecular complexity index is 1010. The van der Waals surface area contributed by atoms with E-state index in [4.69, 9.17) is 9.15 Å². The van der Waals surface area contributed by atoms with E-state index in [2.05, 4.69) is 10.3 Å². The molecular weight excluding hydrogens is 440 g/mol. The lowest BCUT2D eigenvalue weighted by Crippen LogP contribution is -2.06. The van der Waals surface area contributed by atoms with E-state index in [-0.39, 0.29) is 34.9 Å². The summed E-state index contributed by atoms with van der Waals surface area (Å²) < 4.78 is 25.5. The molecule has 0 aliphatic heterocycles. The number of benzene rings is 1. The van der Waals surface area contributed by atoms with Crippen LogP contribution in [0, 0.1) is 20.7 Å². The second kappa shape index (κ2) is 7.06. The fraction of sp³-hybridized carbons (Fsp3) is 0.118. The van der Waals surface area contributed by atoms with Crippen molar-refractivity contribution in [2.45, 2.75) is 6.92 Å². The average molecular weight is 451 g/mol. The number of aromatic nitrogens is 1. The molecule has 3 rings (SSSR count). The lowest BCUT2D eigenvalue weighted by molar-refractivity contribution is 0.0494. The smallest absolute Gasteiger partial charge is 0.376 e. The van der Waals surface area contributed by atoms with Gasteiger partial charge in [0.2, 0.25) is 5.76 Å². The van der Waals surface area contributed by atoms with Crippen LogP contribution >= 0.6 is 22.6 Å². The van der Waals surface area contributed by atoms with Gasteiger partial charge in [-0.05, 0) is 47.7 Å². The summed E-state index contributed by atoms with van der Waals surface area (Å²) in [6, 6.07) is 6.58. The number of hydrogen-bond donors (Lipinski definition) is 1. The lowest BCUT2D eigenvalue weighted by Gasteiger charge is -2.08. The summed E-state index contributed by atoms with van der Waals surface area (Å²) >= 11 is 2.00. The highest BCUT2D eigenvalue weighted by atomic mass is 127. The van der Waals surface area contributed by atoms with Gasteiger partial charge in [-0.1, -0.05) is 0 Å². The molecule has 25 heavy (non-hydrogen) atoms. The van der Waals surface area contributed by atoms with Gasteiger partial charge >= 0.3 is 5.97 Å². The minimum Gasteiger partial charge on any atom is -0.460 e. The van der Waals surface area contributed by atoms with Crippen LogP contribution in [0.15, 0.2) is 35.0 Å². The van der Waals surface area contributed by atoms with Crippen molar-refractivity contribution < 1.29 is 18.3 Å². The van der Waals surface area contributed by atoms with E-state index in [1.54, 1.807) is 19.1 Å². The Hall–Kier alpha value is -2.67. The molecule has 0 unspecified atom stereocenters. The highest BCUT2D eigenvalue weighted by molar-refractivity contribution is 14.1. The molecule has 1 N–H and O–H groups in total. The molecule has 0 aliphatic carbocycles. The van der Waals surface area contributed by atoms with Crippen LogP contribution in [0.4, 0.5) is 15.8 Å². The Labute approximate surface area is 155 Å². The zero-order chi connectivity index (χ0) is 18.0. The van der Waals surface area contributed by atoms with Crippen LogP contribution in [0.3, 0.4) is 0 Å². The molecule has 0 atom stereocenters. The Morgan fingerprint density at radius 2 is 2.28 bits per heavy atom. The molecule has 0 bridgehead atoms. The van der Waals surface area contributed by atoms with Crippen LogP contribution in [0.1, 0.15) is 23.0 Å². The summed E-state index contributed by atoms with van der Waals surface area (Å²) in [5, 5.41) is 12.4. The average Bonchev–Trinajstić information content (AvgIpc) is 2.96. The minimum atomic E-state index is -0.712.